The van der Waals surface area contributed by atoms with E-state index in [1.807, 2.05) is 0 Å². The van der Waals surface area contributed by atoms with Gasteiger partial charge in [-0.15, -0.1) is 0 Å². The molecule has 0 saturated carbocycles. The van der Waals surface area contributed by atoms with Crippen LogP contribution in [0.15, 0.2) is 0 Å². The number of hydrogen-bond donors (Lipinski definition) is 1. The van der Waals surface area contributed by atoms with Crippen LogP contribution in [0.2, 0.25) is 0 Å². The predicted molar refractivity (Wildman–Crippen MR) is 38.8 cm³/mol. The third-order valence-electron chi connectivity index (χ3n) is 1.08. The van der Waals surface area contributed by atoms with Crippen molar-refractivity contribution < 1.29 is 4.74 Å². The first-order valence-corrected chi connectivity index (χ1v) is 3.47. The van der Waals surface area contributed by atoms with Gasteiger partial charge >= 0.3 is 0 Å². The van der Waals surface area contributed by atoms with Crippen molar-refractivity contribution in [1.29, 1.82) is 0 Å². The maximum Gasteiger partial charge on any atom is 0.105 e. The van der Waals surface area contributed by atoms with E-state index in [2.05, 4.69) is 13.8 Å². The van der Waals surface area contributed by atoms with Crippen LogP contribution in [-0.2, 0) is 4.74 Å². The second-order valence-corrected chi connectivity index (χ2v) is 2.12. The fourth-order valence-corrected chi connectivity index (χ4v) is 0.587. The van der Waals surface area contributed by atoms with E-state index in [1.165, 1.54) is 12.8 Å². The fourth-order valence-electron chi connectivity index (χ4n) is 0.587. The van der Waals surface area contributed by atoms with E-state index in [0.29, 0.717) is 0 Å². The van der Waals surface area contributed by atoms with E-state index >= 15 is 0 Å². The van der Waals surface area contributed by atoms with Gasteiger partial charge in [0, 0.05) is 6.61 Å². The first-order chi connectivity index (χ1) is 4.27. The summed E-state index contributed by atoms with van der Waals surface area (Å²) in [6.45, 7) is 6.40. The zero-order valence-corrected chi connectivity index (χ0v) is 6.10. The quantitative estimate of drug-likeness (QED) is 0.450. The van der Waals surface area contributed by atoms with Crippen LogP contribution in [0.3, 0.4) is 0 Å². The number of nitrogens with two attached hydrogens (primary N) is 1. The maximum atomic E-state index is 5.24. The average molecular weight is 130 g/mol. The maximum absolute atomic E-state index is 5.24. The molecule has 0 aromatic heterocycles. The number of unbranched alkanes of at least 4 members (excludes halogenated alkanes) is 2. The molecule has 0 bridgehead atoms. The molecule has 55 valence electrons. The largest absolute Gasteiger partial charge is 0.364 e. The molecule has 0 aromatic rings. The van der Waals surface area contributed by atoms with Gasteiger partial charge in [-0.2, -0.15) is 0 Å². The van der Waals surface area contributed by atoms with Gasteiger partial charge in [-0.3, -0.25) is 0 Å². The summed E-state index contributed by atoms with van der Waals surface area (Å²) in [6, 6.07) is 0. The second-order valence-electron chi connectivity index (χ2n) is 2.12. The smallest absolute Gasteiger partial charge is 0.105 e. The van der Waals surface area contributed by atoms with E-state index in [9.17, 15) is 0 Å². The molecule has 0 aliphatic rings. The minimum atomic E-state index is -0.346. The molecule has 1 atom stereocenters. The van der Waals surface area contributed by atoms with Crippen LogP contribution in [0.5, 0.6) is 0 Å². The van der Waals surface area contributed by atoms with Crippen LogP contribution in [0.25, 0.3) is 0 Å². The Hall–Kier alpha value is -0.0800. The van der Waals surface area contributed by atoms with Crippen molar-refractivity contribution in [3.8, 4) is 0 Å². The van der Waals surface area contributed by atoms with Crippen LogP contribution < -0.4 is 5.73 Å². The molecule has 1 unspecified atom stereocenters. The summed E-state index contributed by atoms with van der Waals surface area (Å²) >= 11 is 0. The lowest BCUT2D eigenvalue weighted by atomic mass is 10.3. The monoisotopic (exact) mass is 130 g/mol. The van der Waals surface area contributed by atoms with Gasteiger partial charge in [0.2, 0.25) is 0 Å². The molecule has 9 heavy (non-hydrogen) atoms. The molecule has 1 radical (unpaired) electrons. The van der Waals surface area contributed by atoms with Gasteiger partial charge in [0.05, 0.1) is 0 Å². The Morgan fingerprint density at radius 1 is 1.56 bits per heavy atom. The van der Waals surface area contributed by atoms with Crippen molar-refractivity contribution >= 4 is 0 Å². The highest BCUT2D eigenvalue weighted by Gasteiger charge is 1.90. The highest BCUT2D eigenvalue weighted by molar-refractivity contribution is 4.47. The van der Waals surface area contributed by atoms with Crippen LogP contribution in [0.4, 0.5) is 0 Å². The molecule has 0 aromatic carbocycles. The van der Waals surface area contributed by atoms with Crippen molar-refractivity contribution in [2.45, 2.75) is 32.4 Å². The highest BCUT2D eigenvalue weighted by Crippen LogP contribution is 1.94. The molecule has 0 saturated heterocycles. The number of hydrogen-bond acceptors (Lipinski definition) is 2. The summed E-state index contributed by atoms with van der Waals surface area (Å²) in [5, 5.41) is 0. The van der Waals surface area contributed by atoms with Crippen molar-refractivity contribution in [2.24, 2.45) is 5.73 Å². The second kappa shape index (κ2) is 6.05. The molecule has 0 fully saturated rings. The first kappa shape index (κ1) is 8.92. The minimum Gasteiger partial charge on any atom is -0.364 e. The Morgan fingerprint density at radius 2 is 2.22 bits per heavy atom. The molecular formula is C7H16NO. The van der Waals surface area contributed by atoms with Crippen LogP contribution in [0.1, 0.15) is 26.2 Å². The molecule has 0 amide bonds. The lowest BCUT2D eigenvalue weighted by Crippen LogP contribution is -2.19. The zero-order valence-electron chi connectivity index (χ0n) is 6.10. The van der Waals surface area contributed by atoms with E-state index in [4.69, 9.17) is 10.5 Å². The van der Waals surface area contributed by atoms with Gasteiger partial charge in [0.15, 0.2) is 0 Å². The third kappa shape index (κ3) is 7.92. The number of ether oxygens (including phenoxy) is 1. The van der Waals surface area contributed by atoms with E-state index in [1.54, 1.807) is 0 Å². The summed E-state index contributed by atoms with van der Waals surface area (Å²) in [5.74, 6) is 0. The van der Waals surface area contributed by atoms with Crippen molar-refractivity contribution in [3.63, 3.8) is 0 Å². The standard InChI is InChI=1S/C7H16NO/c1-3-4-5-6-9-7(2)8/h7H,2-6,8H2,1H3. The molecule has 0 aliphatic carbocycles. The molecule has 2 nitrogen and oxygen atoms in total. The Labute approximate surface area is 57.4 Å². The molecule has 0 aliphatic heterocycles. The molecular weight excluding hydrogens is 114 g/mol. The summed E-state index contributed by atoms with van der Waals surface area (Å²) in [7, 11) is 0. The highest BCUT2D eigenvalue weighted by atomic mass is 16.5. The molecule has 2 N–H and O–H groups in total. The summed E-state index contributed by atoms with van der Waals surface area (Å²) in [4.78, 5) is 0. The zero-order chi connectivity index (χ0) is 7.11. The van der Waals surface area contributed by atoms with Gasteiger partial charge in [-0.25, -0.2) is 0 Å². The Morgan fingerprint density at radius 3 is 2.67 bits per heavy atom. The molecule has 0 heterocycles. The van der Waals surface area contributed by atoms with Crippen molar-refractivity contribution in [2.75, 3.05) is 6.61 Å². The fraction of sp³-hybridized carbons (Fsp3) is 0.857. The van der Waals surface area contributed by atoms with Crippen LogP contribution >= 0.6 is 0 Å². The predicted octanol–water partition coefficient (Wildman–Crippen LogP) is 1.31. The van der Waals surface area contributed by atoms with E-state index in [0.717, 1.165) is 13.0 Å². The molecule has 0 rings (SSSR count). The Bertz CT molecular complexity index is 54.9. The molecule has 0 spiro atoms. The summed E-state index contributed by atoms with van der Waals surface area (Å²) < 4.78 is 5.01. The van der Waals surface area contributed by atoms with E-state index in [-0.39, 0.29) is 6.23 Å². The van der Waals surface area contributed by atoms with Crippen molar-refractivity contribution in [3.05, 3.63) is 6.92 Å². The van der Waals surface area contributed by atoms with Crippen molar-refractivity contribution in [1.82, 2.24) is 0 Å². The van der Waals surface area contributed by atoms with Gasteiger partial charge in [0.25, 0.3) is 0 Å². The molecule has 2 heteroatoms. The normalized spacial score (nSPS) is 13.7. The Balaban J connectivity index is 2.75. The van der Waals surface area contributed by atoms with Crippen LogP contribution in [-0.4, -0.2) is 12.8 Å². The first-order valence-electron chi connectivity index (χ1n) is 3.47. The lowest BCUT2D eigenvalue weighted by Gasteiger charge is -2.05. The third-order valence-corrected chi connectivity index (χ3v) is 1.08. The van der Waals surface area contributed by atoms with Gasteiger partial charge in [-0.05, 0) is 13.3 Å². The van der Waals surface area contributed by atoms with Gasteiger partial charge in [0.1, 0.15) is 6.23 Å². The minimum absolute atomic E-state index is 0.346. The van der Waals surface area contributed by atoms with Gasteiger partial charge < -0.3 is 10.5 Å². The lowest BCUT2D eigenvalue weighted by molar-refractivity contribution is 0.0847. The number of rotatable bonds is 5. The Kier molecular flexibility index (Phi) is 5.99. The SMILES string of the molecule is [CH2]C(N)OCCCCC. The summed E-state index contributed by atoms with van der Waals surface area (Å²) in [5.41, 5.74) is 5.24. The van der Waals surface area contributed by atoms with Gasteiger partial charge in [-0.1, -0.05) is 19.8 Å². The summed E-state index contributed by atoms with van der Waals surface area (Å²) in [6.07, 6.45) is 3.18. The van der Waals surface area contributed by atoms with Crippen LogP contribution in [0, 0.1) is 6.92 Å². The van der Waals surface area contributed by atoms with E-state index < -0.39 is 0 Å². The average Bonchev–Trinajstić information content (AvgIpc) is 1.80. The topological polar surface area (TPSA) is 35.2 Å².